The molecule has 0 radical (unpaired) electrons. The van der Waals surface area contributed by atoms with Crippen LogP contribution in [0.2, 0.25) is 0 Å². The number of carbonyl (C=O) groups excluding carboxylic acids is 1. The molecule has 1 rings (SSSR count). The van der Waals surface area contributed by atoms with Gasteiger partial charge in [-0.25, -0.2) is 9.78 Å². The van der Waals surface area contributed by atoms with Gasteiger partial charge in [-0.3, -0.25) is 0 Å². The van der Waals surface area contributed by atoms with Crippen molar-refractivity contribution in [3.8, 4) is 0 Å². The number of aromatic nitrogens is 1. The number of esters is 1. The normalized spacial score (nSPS) is 11.3. The maximum absolute atomic E-state index is 12.6. The summed E-state index contributed by atoms with van der Waals surface area (Å²) in [4.78, 5) is 14.9. The van der Waals surface area contributed by atoms with E-state index < -0.39 is 23.3 Å². The zero-order valence-electron chi connectivity index (χ0n) is 8.14. The van der Waals surface area contributed by atoms with E-state index >= 15 is 0 Å². The van der Waals surface area contributed by atoms with Crippen molar-refractivity contribution in [1.82, 2.24) is 4.98 Å². The van der Waals surface area contributed by atoms with Gasteiger partial charge in [0.05, 0.1) is 17.7 Å². The Morgan fingerprint density at radius 2 is 2.19 bits per heavy atom. The van der Waals surface area contributed by atoms with Gasteiger partial charge in [0.25, 0.3) is 0 Å². The second-order valence-corrected chi connectivity index (χ2v) is 3.88. The predicted molar refractivity (Wildman–Crippen MR) is 57.9 cm³/mol. The van der Waals surface area contributed by atoms with E-state index in [1.165, 1.54) is 6.92 Å². The standard InChI is InChI=1S/C9H7F3INO2/c1-2-16-8(15)5-4-14-7(13)3-6(5)9(10,11)12/h3-4H,2H2,1H3. The monoisotopic (exact) mass is 345 g/mol. The highest BCUT2D eigenvalue weighted by Crippen LogP contribution is 2.32. The Bertz CT molecular complexity index is 406. The van der Waals surface area contributed by atoms with E-state index in [2.05, 4.69) is 9.72 Å². The summed E-state index contributed by atoms with van der Waals surface area (Å²) in [6, 6.07) is 0.812. The Balaban J connectivity index is 3.23. The third-order valence-corrected chi connectivity index (χ3v) is 2.26. The number of halogens is 4. The van der Waals surface area contributed by atoms with E-state index in [1.54, 1.807) is 22.6 Å². The quantitative estimate of drug-likeness (QED) is 0.470. The minimum atomic E-state index is -4.59. The molecule has 0 atom stereocenters. The van der Waals surface area contributed by atoms with Crippen molar-refractivity contribution in [2.24, 2.45) is 0 Å². The number of hydrogen-bond donors (Lipinski definition) is 0. The highest BCUT2D eigenvalue weighted by atomic mass is 127. The molecule has 0 saturated heterocycles. The first-order chi connectivity index (χ1) is 7.36. The maximum atomic E-state index is 12.6. The van der Waals surface area contributed by atoms with Crippen molar-refractivity contribution in [1.29, 1.82) is 0 Å². The average Bonchev–Trinajstić information content (AvgIpc) is 2.16. The zero-order valence-corrected chi connectivity index (χ0v) is 10.3. The molecule has 0 amide bonds. The van der Waals surface area contributed by atoms with E-state index in [1.807, 2.05) is 0 Å². The zero-order chi connectivity index (χ0) is 12.3. The Morgan fingerprint density at radius 1 is 1.56 bits per heavy atom. The summed E-state index contributed by atoms with van der Waals surface area (Å²) in [6.45, 7) is 1.54. The van der Waals surface area contributed by atoms with Crippen LogP contribution in [0.15, 0.2) is 12.3 Å². The summed E-state index contributed by atoms with van der Waals surface area (Å²) >= 11 is 1.64. The highest BCUT2D eigenvalue weighted by molar-refractivity contribution is 14.1. The minimum absolute atomic E-state index is 0.0160. The molecule has 3 nitrogen and oxygen atoms in total. The average molecular weight is 345 g/mol. The summed E-state index contributed by atoms with van der Waals surface area (Å²) < 4.78 is 42.5. The molecule has 0 aromatic carbocycles. The molecule has 0 fully saturated rings. The summed E-state index contributed by atoms with van der Waals surface area (Å²) in [5.41, 5.74) is -1.58. The van der Waals surface area contributed by atoms with Gasteiger partial charge in [-0.1, -0.05) is 0 Å². The fourth-order valence-corrected chi connectivity index (χ4v) is 1.49. The van der Waals surface area contributed by atoms with Gasteiger partial charge in [-0.05, 0) is 35.6 Å². The Morgan fingerprint density at radius 3 is 2.69 bits per heavy atom. The number of nitrogens with zero attached hydrogens (tertiary/aromatic N) is 1. The van der Waals surface area contributed by atoms with Crippen molar-refractivity contribution in [3.63, 3.8) is 0 Å². The number of rotatable bonds is 2. The first-order valence-corrected chi connectivity index (χ1v) is 5.34. The van der Waals surface area contributed by atoms with E-state index in [0.717, 1.165) is 12.3 Å². The topological polar surface area (TPSA) is 39.2 Å². The smallest absolute Gasteiger partial charge is 0.417 e. The number of hydrogen-bond acceptors (Lipinski definition) is 3. The van der Waals surface area contributed by atoms with Crippen LogP contribution in [0.5, 0.6) is 0 Å². The number of ether oxygens (including phenoxy) is 1. The van der Waals surface area contributed by atoms with Crippen LogP contribution < -0.4 is 0 Å². The first-order valence-electron chi connectivity index (χ1n) is 4.26. The third-order valence-electron chi connectivity index (χ3n) is 1.67. The van der Waals surface area contributed by atoms with Crippen LogP contribution in [0.25, 0.3) is 0 Å². The fourth-order valence-electron chi connectivity index (χ4n) is 1.04. The van der Waals surface area contributed by atoms with Crippen LogP contribution in [0.1, 0.15) is 22.8 Å². The summed E-state index contributed by atoms with van der Waals surface area (Å²) in [5.74, 6) is -1.02. The van der Waals surface area contributed by atoms with Crippen molar-refractivity contribution in [2.75, 3.05) is 6.61 Å². The van der Waals surface area contributed by atoms with Crippen LogP contribution >= 0.6 is 22.6 Å². The molecule has 1 aromatic heterocycles. The largest absolute Gasteiger partial charge is 0.462 e. The van der Waals surface area contributed by atoms with E-state index in [-0.39, 0.29) is 10.3 Å². The van der Waals surface area contributed by atoms with Gasteiger partial charge in [0.2, 0.25) is 0 Å². The van der Waals surface area contributed by atoms with Gasteiger partial charge in [-0.15, -0.1) is 0 Å². The lowest BCUT2D eigenvalue weighted by molar-refractivity contribution is -0.138. The second-order valence-electron chi connectivity index (χ2n) is 2.77. The van der Waals surface area contributed by atoms with Crippen LogP contribution in [-0.4, -0.2) is 17.6 Å². The predicted octanol–water partition coefficient (Wildman–Crippen LogP) is 2.88. The molecular formula is C9H7F3INO2. The second kappa shape index (κ2) is 4.98. The van der Waals surface area contributed by atoms with Crippen molar-refractivity contribution < 1.29 is 22.7 Å². The van der Waals surface area contributed by atoms with Gasteiger partial charge in [0, 0.05) is 6.20 Å². The van der Waals surface area contributed by atoms with Crippen molar-refractivity contribution >= 4 is 28.6 Å². The molecule has 1 aromatic rings. The lowest BCUT2D eigenvalue weighted by Gasteiger charge is -2.11. The van der Waals surface area contributed by atoms with Gasteiger partial charge in [0.15, 0.2) is 0 Å². The van der Waals surface area contributed by atoms with Gasteiger partial charge in [0.1, 0.15) is 3.70 Å². The van der Waals surface area contributed by atoms with E-state index in [9.17, 15) is 18.0 Å². The molecule has 0 aliphatic carbocycles. The lowest BCUT2D eigenvalue weighted by atomic mass is 10.1. The molecule has 1 heterocycles. The molecule has 0 spiro atoms. The molecule has 16 heavy (non-hydrogen) atoms. The van der Waals surface area contributed by atoms with Gasteiger partial charge in [-0.2, -0.15) is 13.2 Å². The van der Waals surface area contributed by atoms with Crippen LogP contribution in [0.4, 0.5) is 13.2 Å². The molecule has 0 bridgehead atoms. The molecule has 0 N–H and O–H groups in total. The Labute approximate surface area is 103 Å². The number of alkyl halides is 3. The van der Waals surface area contributed by atoms with Gasteiger partial charge >= 0.3 is 12.1 Å². The molecule has 88 valence electrons. The van der Waals surface area contributed by atoms with Crippen LogP contribution in [0.3, 0.4) is 0 Å². The number of pyridine rings is 1. The molecule has 0 unspecified atom stereocenters. The molecule has 7 heteroatoms. The first kappa shape index (κ1) is 13.2. The Hall–Kier alpha value is -0.860. The maximum Gasteiger partial charge on any atom is 0.417 e. The SMILES string of the molecule is CCOC(=O)c1cnc(I)cc1C(F)(F)F. The lowest BCUT2D eigenvalue weighted by Crippen LogP contribution is -2.16. The minimum Gasteiger partial charge on any atom is -0.462 e. The van der Waals surface area contributed by atoms with E-state index in [4.69, 9.17) is 0 Å². The number of carbonyl (C=O) groups is 1. The fraction of sp³-hybridized carbons (Fsp3) is 0.333. The summed E-state index contributed by atoms with van der Waals surface area (Å²) in [6.07, 6.45) is -3.71. The molecule has 0 aliphatic rings. The molecular weight excluding hydrogens is 338 g/mol. The highest BCUT2D eigenvalue weighted by Gasteiger charge is 2.36. The van der Waals surface area contributed by atoms with E-state index in [0.29, 0.717) is 0 Å². The van der Waals surface area contributed by atoms with Crippen LogP contribution in [-0.2, 0) is 10.9 Å². The van der Waals surface area contributed by atoms with Crippen molar-refractivity contribution in [3.05, 3.63) is 27.1 Å². The molecule has 0 saturated carbocycles. The van der Waals surface area contributed by atoms with Gasteiger partial charge < -0.3 is 4.74 Å². The molecule has 0 aliphatic heterocycles. The summed E-state index contributed by atoms with van der Waals surface area (Å²) in [7, 11) is 0. The summed E-state index contributed by atoms with van der Waals surface area (Å²) in [5, 5.41) is 0. The van der Waals surface area contributed by atoms with Crippen LogP contribution in [0, 0.1) is 3.70 Å². The van der Waals surface area contributed by atoms with Crippen molar-refractivity contribution in [2.45, 2.75) is 13.1 Å². The third kappa shape index (κ3) is 3.06. The Kier molecular flexibility index (Phi) is 4.11.